The number of hydrogen-bond acceptors (Lipinski definition) is 5. The van der Waals surface area contributed by atoms with Crippen molar-refractivity contribution in [3.05, 3.63) is 35.4 Å². The van der Waals surface area contributed by atoms with E-state index in [-0.39, 0.29) is 17.4 Å². The predicted molar refractivity (Wildman–Crippen MR) is 101 cm³/mol. The lowest BCUT2D eigenvalue weighted by molar-refractivity contribution is -0.131. The molecule has 3 rings (SSSR count). The third kappa shape index (κ3) is 3.28. The number of hydrogen-bond donors (Lipinski definition) is 1. The Kier molecular flexibility index (Phi) is 5.16. The van der Waals surface area contributed by atoms with E-state index < -0.39 is 21.7 Å². The van der Waals surface area contributed by atoms with Crippen molar-refractivity contribution in [2.24, 2.45) is 0 Å². The van der Waals surface area contributed by atoms with Gasteiger partial charge in [-0.2, -0.15) is 0 Å². The van der Waals surface area contributed by atoms with Gasteiger partial charge in [-0.3, -0.25) is 9.69 Å². The summed E-state index contributed by atoms with van der Waals surface area (Å²) in [6.07, 6.45) is 1.85. The maximum atomic E-state index is 12.2. The van der Waals surface area contributed by atoms with Crippen LogP contribution >= 0.6 is 0 Å². The van der Waals surface area contributed by atoms with Crippen molar-refractivity contribution in [1.29, 1.82) is 0 Å². The number of fused-ring (bicyclic) bond motifs is 2. The standard InChI is InChI=1S/C19H28N2O4S/c1-4-20(2)17-14-7-5-6-8-15(14)19(18(17)23)9-11-21(12-10-19)16(22)13-26(3,24)25/h5-8,17-18,23H,4,9-13H2,1-3H3/t17-,18+/m1/s1. The van der Waals surface area contributed by atoms with E-state index in [0.29, 0.717) is 25.9 Å². The smallest absolute Gasteiger partial charge is 0.237 e. The van der Waals surface area contributed by atoms with Gasteiger partial charge in [-0.1, -0.05) is 31.2 Å². The van der Waals surface area contributed by atoms with Gasteiger partial charge in [0.05, 0.1) is 12.1 Å². The molecule has 1 saturated heterocycles. The maximum Gasteiger partial charge on any atom is 0.237 e. The minimum Gasteiger partial charge on any atom is -0.390 e. The Hall–Kier alpha value is -1.44. The first-order chi connectivity index (χ1) is 12.2. The Labute approximate surface area is 155 Å². The van der Waals surface area contributed by atoms with Crippen molar-refractivity contribution in [3.8, 4) is 0 Å². The van der Waals surface area contributed by atoms with E-state index in [9.17, 15) is 18.3 Å². The molecule has 26 heavy (non-hydrogen) atoms. The highest BCUT2D eigenvalue weighted by Gasteiger charge is 2.53. The zero-order valence-electron chi connectivity index (χ0n) is 15.7. The molecule has 1 aliphatic heterocycles. The Bertz CT molecular complexity index is 784. The lowest BCUT2D eigenvalue weighted by atomic mass is 9.72. The molecular weight excluding hydrogens is 352 g/mol. The Morgan fingerprint density at radius 2 is 1.92 bits per heavy atom. The van der Waals surface area contributed by atoms with Crippen molar-refractivity contribution in [2.45, 2.75) is 37.3 Å². The van der Waals surface area contributed by atoms with Crippen LogP contribution in [0.25, 0.3) is 0 Å². The SMILES string of the molecule is CCN(C)[C@@H]1c2ccccc2C2(CCN(C(=O)CS(C)(=O)=O)CC2)[C@H]1O. The summed E-state index contributed by atoms with van der Waals surface area (Å²) >= 11 is 0. The Balaban J connectivity index is 1.85. The highest BCUT2D eigenvalue weighted by molar-refractivity contribution is 7.91. The fraction of sp³-hybridized carbons (Fsp3) is 0.632. The quantitative estimate of drug-likeness (QED) is 0.842. The van der Waals surface area contributed by atoms with E-state index in [1.54, 1.807) is 4.90 Å². The maximum absolute atomic E-state index is 12.2. The lowest BCUT2D eigenvalue weighted by Gasteiger charge is -2.43. The van der Waals surface area contributed by atoms with Crippen LogP contribution < -0.4 is 0 Å². The average molecular weight is 381 g/mol. The van der Waals surface area contributed by atoms with Crippen LogP contribution in [0, 0.1) is 0 Å². The van der Waals surface area contributed by atoms with Gasteiger partial charge < -0.3 is 10.0 Å². The van der Waals surface area contributed by atoms with Crippen molar-refractivity contribution >= 4 is 15.7 Å². The van der Waals surface area contributed by atoms with Gasteiger partial charge in [-0.25, -0.2) is 8.42 Å². The fourth-order valence-electron chi connectivity index (χ4n) is 4.55. The molecule has 6 nitrogen and oxygen atoms in total. The van der Waals surface area contributed by atoms with Gasteiger partial charge >= 0.3 is 0 Å². The van der Waals surface area contributed by atoms with Gasteiger partial charge in [0.1, 0.15) is 5.75 Å². The molecule has 0 radical (unpaired) electrons. The number of sulfone groups is 1. The first-order valence-electron chi connectivity index (χ1n) is 9.13. The third-order valence-electron chi connectivity index (χ3n) is 6.05. The molecule has 7 heteroatoms. The van der Waals surface area contributed by atoms with Gasteiger partial charge in [-0.05, 0) is 37.6 Å². The van der Waals surface area contributed by atoms with Crippen LogP contribution in [0.15, 0.2) is 24.3 Å². The largest absolute Gasteiger partial charge is 0.390 e. The molecule has 144 valence electrons. The van der Waals surface area contributed by atoms with Crippen LogP contribution in [-0.4, -0.2) is 74.0 Å². The number of aliphatic hydroxyl groups excluding tert-OH is 1. The van der Waals surface area contributed by atoms with Crippen LogP contribution in [0.5, 0.6) is 0 Å². The molecule has 1 spiro atoms. The summed E-state index contributed by atoms with van der Waals surface area (Å²) in [4.78, 5) is 16.0. The number of benzene rings is 1. The van der Waals surface area contributed by atoms with E-state index in [1.807, 2.05) is 19.2 Å². The molecule has 0 aromatic heterocycles. The second kappa shape index (κ2) is 6.94. The normalized spacial score (nSPS) is 24.9. The first kappa shape index (κ1) is 19.3. The topological polar surface area (TPSA) is 77.9 Å². The van der Waals surface area contributed by atoms with E-state index in [0.717, 1.165) is 12.8 Å². The van der Waals surface area contributed by atoms with Gasteiger partial charge in [0.2, 0.25) is 5.91 Å². The number of aliphatic hydroxyl groups is 1. The van der Waals surface area contributed by atoms with Gasteiger partial charge in [0.15, 0.2) is 9.84 Å². The highest BCUT2D eigenvalue weighted by Crippen LogP contribution is 2.52. The predicted octanol–water partition coefficient (Wildman–Crippen LogP) is 0.959. The lowest BCUT2D eigenvalue weighted by Crippen LogP contribution is -2.51. The number of rotatable bonds is 4. The minimum absolute atomic E-state index is 0.0468. The average Bonchev–Trinajstić information content (AvgIpc) is 2.82. The number of likely N-dealkylation sites (tertiary alicyclic amines) is 1. The summed E-state index contributed by atoms with van der Waals surface area (Å²) in [5.41, 5.74) is 1.97. The van der Waals surface area contributed by atoms with E-state index >= 15 is 0 Å². The minimum atomic E-state index is -3.33. The van der Waals surface area contributed by atoms with E-state index in [4.69, 9.17) is 0 Å². The molecule has 1 aromatic carbocycles. The van der Waals surface area contributed by atoms with Crippen molar-refractivity contribution < 1.29 is 18.3 Å². The van der Waals surface area contributed by atoms with Crippen LogP contribution in [0.2, 0.25) is 0 Å². The van der Waals surface area contributed by atoms with Gasteiger partial charge in [0.25, 0.3) is 0 Å². The summed E-state index contributed by atoms with van der Waals surface area (Å²) in [5.74, 6) is -0.786. The number of likely N-dealkylation sites (N-methyl/N-ethyl adjacent to an activating group) is 1. The Morgan fingerprint density at radius 1 is 1.31 bits per heavy atom. The zero-order chi connectivity index (χ0) is 19.1. The van der Waals surface area contributed by atoms with Gasteiger partial charge in [-0.15, -0.1) is 0 Å². The molecule has 0 saturated carbocycles. The molecule has 1 aromatic rings. The number of carbonyl (C=O) groups is 1. The molecule has 2 atom stereocenters. The summed E-state index contributed by atoms with van der Waals surface area (Å²) in [5, 5.41) is 11.3. The van der Waals surface area contributed by atoms with Crippen LogP contribution in [0.3, 0.4) is 0 Å². The molecule has 0 bridgehead atoms. The number of amides is 1. The monoisotopic (exact) mass is 380 g/mol. The molecular formula is C19H28N2O4S. The van der Waals surface area contributed by atoms with Crippen LogP contribution in [-0.2, 0) is 20.0 Å². The molecule has 1 fully saturated rings. The van der Waals surface area contributed by atoms with Gasteiger partial charge in [0, 0.05) is 24.8 Å². The van der Waals surface area contributed by atoms with E-state index in [1.165, 1.54) is 11.1 Å². The number of carbonyl (C=O) groups excluding carboxylic acids is 1. The van der Waals surface area contributed by atoms with Crippen molar-refractivity contribution in [3.63, 3.8) is 0 Å². The molecule has 1 aliphatic carbocycles. The fourth-order valence-corrected chi connectivity index (χ4v) is 5.18. The second-order valence-electron chi connectivity index (χ2n) is 7.66. The second-order valence-corrected chi connectivity index (χ2v) is 9.80. The molecule has 1 amide bonds. The summed E-state index contributed by atoms with van der Waals surface area (Å²) < 4.78 is 22.8. The summed E-state index contributed by atoms with van der Waals surface area (Å²) in [7, 11) is -1.31. The van der Waals surface area contributed by atoms with Crippen molar-refractivity contribution in [2.75, 3.05) is 38.7 Å². The molecule has 0 unspecified atom stereocenters. The van der Waals surface area contributed by atoms with Crippen LogP contribution in [0.4, 0.5) is 0 Å². The number of piperidine rings is 1. The third-order valence-corrected chi connectivity index (χ3v) is 6.82. The van der Waals surface area contributed by atoms with Crippen molar-refractivity contribution in [1.82, 2.24) is 9.80 Å². The zero-order valence-corrected chi connectivity index (χ0v) is 16.5. The summed E-state index contributed by atoms with van der Waals surface area (Å²) in [6.45, 7) is 3.86. The summed E-state index contributed by atoms with van der Waals surface area (Å²) in [6, 6.07) is 8.14. The molecule has 2 aliphatic rings. The highest BCUT2D eigenvalue weighted by atomic mass is 32.2. The number of nitrogens with zero attached hydrogens (tertiary/aromatic N) is 2. The first-order valence-corrected chi connectivity index (χ1v) is 11.2. The van der Waals surface area contributed by atoms with E-state index in [2.05, 4.69) is 24.0 Å². The Morgan fingerprint density at radius 3 is 2.50 bits per heavy atom. The molecule has 1 heterocycles. The molecule has 1 N–H and O–H groups in total. The van der Waals surface area contributed by atoms with Crippen LogP contribution in [0.1, 0.15) is 36.9 Å².